The molecule has 2 N–H and O–H groups in total. The van der Waals surface area contributed by atoms with Crippen molar-refractivity contribution in [2.24, 2.45) is 11.1 Å². The van der Waals surface area contributed by atoms with Crippen LogP contribution in [0.3, 0.4) is 0 Å². The summed E-state index contributed by atoms with van der Waals surface area (Å²) in [6.45, 7) is 4.71. The number of hydrogen-bond donors (Lipinski definition) is 1. The first-order chi connectivity index (χ1) is 9.43. The number of ether oxygens (including phenoxy) is 2. The molecule has 0 aliphatic heterocycles. The maximum absolute atomic E-state index is 9.00. The Bertz CT molecular complexity index is 495. The standard InChI is InChI=1S/C15H21ClN2O2/c1-15(2,10-18)5-7-20-14-11(4-6-17)8-12(16)9-13(14)19-3/h8-9H,4-7,17H2,1-3H3. The molecule has 0 saturated heterocycles. The van der Waals surface area contributed by atoms with Gasteiger partial charge in [-0.1, -0.05) is 11.6 Å². The predicted molar refractivity (Wildman–Crippen MR) is 80.3 cm³/mol. The maximum atomic E-state index is 9.00. The average molecular weight is 297 g/mol. The summed E-state index contributed by atoms with van der Waals surface area (Å²) < 4.78 is 11.1. The van der Waals surface area contributed by atoms with E-state index in [0.29, 0.717) is 42.5 Å². The van der Waals surface area contributed by atoms with E-state index in [1.165, 1.54) is 0 Å². The second kappa shape index (κ2) is 7.37. The molecular formula is C15H21ClN2O2. The van der Waals surface area contributed by atoms with Gasteiger partial charge in [0.25, 0.3) is 0 Å². The van der Waals surface area contributed by atoms with Gasteiger partial charge in [0.15, 0.2) is 11.5 Å². The zero-order chi connectivity index (χ0) is 15.2. The van der Waals surface area contributed by atoms with E-state index >= 15 is 0 Å². The van der Waals surface area contributed by atoms with Crippen LogP contribution < -0.4 is 15.2 Å². The van der Waals surface area contributed by atoms with E-state index in [-0.39, 0.29) is 0 Å². The van der Waals surface area contributed by atoms with E-state index in [0.717, 1.165) is 5.56 Å². The van der Waals surface area contributed by atoms with E-state index in [9.17, 15) is 0 Å². The van der Waals surface area contributed by atoms with Crippen molar-refractivity contribution in [2.75, 3.05) is 20.3 Å². The van der Waals surface area contributed by atoms with Crippen molar-refractivity contribution in [2.45, 2.75) is 26.7 Å². The number of rotatable bonds is 7. The molecule has 0 saturated carbocycles. The van der Waals surface area contributed by atoms with Crippen LogP contribution in [0.4, 0.5) is 0 Å². The Hall–Kier alpha value is -1.44. The van der Waals surface area contributed by atoms with Gasteiger partial charge in [-0.25, -0.2) is 0 Å². The minimum Gasteiger partial charge on any atom is -0.493 e. The Labute approximate surface area is 125 Å². The van der Waals surface area contributed by atoms with Crippen LogP contribution >= 0.6 is 11.6 Å². The molecule has 0 atom stereocenters. The van der Waals surface area contributed by atoms with Gasteiger partial charge in [-0.05, 0) is 39.3 Å². The Balaban J connectivity index is 2.89. The van der Waals surface area contributed by atoms with Crippen molar-refractivity contribution in [3.05, 3.63) is 22.7 Å². The van der Waals surface area contributed by atoms with Gasteiger partial charge in [-0.3, -0.25) is 0 Å². The van der Waals surface area contributed by atoms with Gasteiger partial charge < -0.3 is 15.2 Å². The second-order valence-electron chi connectivity index (χ2n) is 5.23. The fraction of sp³-hybridized carbons (Fsp3) is 0.533. The van der Waals surface area contributed by atoms with Crippen molar-refractivity contribution in [3.8, 4) is 17.6 Å². The van der Waals surface area contributed by atoms with E-state index in [1.807, 2.05) is 19.9 Å². The number of hydrogen-bond acceptors (Lipinski definition) is 4. The highest BCUT2D eigenvalue weighted by molar-refractivity contribution is 6.30. The van der Waals surface area contributed by atoms with Crippen molar-refractivity contribution >= 4 is 11.6 Å². The molecule has 0 radical (unpaired) electrons. The Kier molecular flexibility index (Phi) is 6.12. The molecule has 0 aliphatic carbocycles. The molecule has 4 nitrogen and oxygen atoms in total. The lowest BCUT2D eigenvalue weighted by Gasteiger charge is -2.19. The highest BCUT2D eigenvalue weighted by atomic mass is 35.5. The third kappa shape index (κ3) is 4.59. The first-order valence-electron chi connectivity index (χ1n) is 6.54. The predicted octanol–water partition coefficient (Wildman–Crippen LogP) is 3.17. The summed E-state index contributed by atoms with van der Waals surface area (Å²) in [5.74, 6) is 1.26. The van der Waals surface area contributed by atoms with Gasteiger partial charge >= 0.3 is 0 Å². The number of nitrogens with two attached hydrogens (primary N) is 1. The molecule has 0 aliphatic rings. The van der Waals surface area contributed by atoms with Gasteiger partial charge in [0.2, 0.25) is 0 Å². The molecule has 1 aromatic rings. The van der Waals surface area contributed by atoms with Crippen molar-refractivity contribution in [3.63, 3.8) is 0 Å². The van der Waals surface area contributed by atoms with Crippen molar-refractivity contribution < 1.29 is 9.47 Å². The molecule has 0 aromatic heterocycles. The van der Waals surface area contributed by atoms with Crippen LogP contribution in [0, 0.1) is 16.7 Å². The normalized spacial score (nSPS) is 11.0. The Morgan fingerprint density at radius 3 is 2.65 bits per heavy atom. The van der Waals surface area contributed by atoms with Crippen molar-refractivity contribution in [1.82, 2.24) is 0 Å². The van der Waals surface area contributed by atoms with Gasteiger partial charge in [0.05, 0.1) is 25.2 Å². The largest absolute Gasteiger partial charge is 0.493 e. The summed E-state index contributed by atoms with van der Waals surface area (Å²) in [4.78, 5) is 0. The Morgan fingerprint density at radius 1 is 1.40 bits per heavy atom. The third-order valence-electron chi connectivity index (χ3n) is 3.01. The minimum absolute atomic E-state index is 0.409. The molecule has 5 heteroatoms. The highest BCUT2D eigenvalue weighted by Gasteiger charge is 2.18. The summed E-state index contributed by atoms with van der Waals surface area (Å²) in [5, 5.41) is 9.60. The van der Waals surface area contributed by atoms with Gasteiger partial charge in [0, 0.05) is 16.7 Å². The van der Waals surface area contributed by atoms with Crippen LogP contribution in [0.25, 0.3) is 0 Å². The summed E-state index contributed by atoms with van der Waals surface area (Å²) in [5.41, 5.74) is 6.12. The molecule has 0 fully saturated rings. The molecule has 1 rings (SSSR count). The molecule has 20 heavy (non-hydrogen) atoms. The van der Waals surface area contributed by atoms with Gasteiger partial charge in [0.1, 0.15) is 0 Å². The molecule has 110 valence electrons. The molecule has 0 unspecified atom stereocenters. The van der Waals surface area contributed by atoms with Gasteiger partial charge in [-0.2, -0.15) is 5.26 Å². The number of nitrogens with zero attached hydrogens (tertiary/aromatic N) is 1. The Morgan fingerprint density at radius 2 is 2.10 bits per heavy atom. The fourth-order valence-electron chi connectivity index (χ4n) is 1.74. The van der Waals surface area contributed by atoms with Crippen LogP contribution in [0.15, 0.2) is 12.1 Å². The number of halogens is 1. The van der Waals surface area contributed by atoms with E-state index < -0.39 is 5.41 Å². The maximum Gasteiger partial charge on any atom is 0.164 e. The van der Waals surface area contributed by atoms with Crippen LogP contribution in [0.1, 0.15) is 25.8 Å². The van der Waals surface area contributed by atoms with Crippen molar-refractivity contribution in [1.29, 1.82) is 5.26 Å². The second-order valence-corrected chi connectivity index (χ2v) is 5.67. The van der Waals surface area contributed by atoms with Crippen LogP contribution in [-0.2, 0) is 6.42 Å². The summed E-state index contributed by atoms with van der Waals surface area (Å²) >= 11 is 6.05. The summed E-state index contributed by atoms with van der Waals surface area (Å²) in [6.07, 6.45) is 1.30. The van der Waals surface area contributed by atoms with Crippen LogP contribution in [0.2, 0.25) is 5.02 Å². The molecular weight excluding hydrogens is 276 g/mol. The van der Waals surface area contributed by atoms with Crippen LogP contribution in [-0.4, -0.2) is 20.3 Å². The molecule has 0 spiro atoms. The lowest BCUT2D eigenvalue weighted by molar-refractivity contribution is 0.250. The lowest BCUT2D eigenvalue weighted by atomic mass is 9.92. The monoisotopic (exact) mass is 296 g/mol. The molecule has 0 heterocycles. The molecule has 0 amide bonds. The summed E-state index contributed by atoms with van der Waals surface area (Å²) in [7, 11) is 1.57. The lowest BCUT2D eigenvalue weighted by Crippen LogP contribution is -2.14. The summed E-state index contributed by atoms with van der Waals surface area (Å²) in [6, 6.07) is 5.80. The minimum atomic E-state index is -0.409. The van der Waals surface area contributed by atoms with E-state index in [2.05, 4.69) is 6.07 Å². The van der Waals surface area contributed by atoms with Gasteiger partial charge in [-0.15, -0.1) is 0 Å². The fourth-order valence-corrected chi connectivity index (χ4v) is 1.97. The van der Waals surface area contributed by atoms with Crippen LogP contribution in [0.5, 0.6) is 11.5 Å². The first kappa shape index (κ1) is 16.6. The number of benzene rings is 1. The highest BCUT2D eigenvalue weighted by Crippen LogP contribution is 2.35. The number of nitriles is 1. The zero-order valence-electron chi connectivity index (χ0n) is 12.2. The SMILES string of the molecule is COc1cc(Cl)cc(CCN)c1OCCC(C)(C)C#N. The van der Waals surface area contributed by atoms with E-state index in [4.69, 9.17) is 32.1 Å². The topological polar surface area (TPSA) is 68.3 Å². The average Bonchev–Trinajstić information content (AvgIpc) is 2.40. The number of methoxy groups -OCH3 is 1. The molecule has 1 aromatic carbocycles. The zero-order valence-corrected chi connectivity index (χ0v) is 13.0. The molecule has 0 bridgehead atoms. The first-order valence-corrected chi connectivity index (χ1v) is 6.92. The van der Waals surface area contributed by atoms with E-state index in [1.54, 1.807) is 13.2 Å². The third-order valence-corrected chi connectivity index (χ3v) is 3.22. The smallest absolute Gasteiger partial charge is 0.164 e. The quantitative estimate of drug-likeness (QED) is 0.839.